The van der Waals surface area contributed by atoms with Crippen LogP contribution in [-0.2, 0) is 21.2 Å². The van der Waals surface area contributed by atoms with E-state index in [9.17, 15) is 18.0 Å². The first-order valence-electron chi connectivity index (χ1n) is 9.61. The highest BCUT2D eigenvalue weighted by molar-refractivity contribution is 7.92. The van der Waals surface area contributed by atoms with Crippen molar-refractivity contribution in [3.8, 4) is 0 Å². The number of hydrogen-bond acceptors (Lipinski definition) is 5. The Labute approximate surface area is 171 Å². The Morgan fingerprint density at radius 1 is 1.10 bits per heavy atom. The van der Waals surface area contributed by atoms with Crippen LogP contribution in [0.4, 0.5) is 5.69 Å². The van der Waals surface area contributed by atoms with Crippen LogP contribution >= 0.6 is 0 Å². The van der Waals surface area contributed by atoms with E-state index in [4.69, 9.17) is 4.74 Å². The standard InChI is InChI=1S/C22H25NO5S/c1-4-15(2)16-5-7-17(8-6-16)21(24)14-28-22(25)19-9-10-20-18(13-19)11-12-23(20)29(3,26)27/h5-10,13,15H,4,11-12,14H2,1-3H3/t15-/m0/s1. The molecular weight excluding hydrogens is 390 g/mol. The van der Waals surface area contributed by atoms with Crippen LogP contribution in [0.5, 0.6) is 0 Å². The van der Waals surface area contributed by atoms with Crippen molar-refractivity contribution < 1.29 is 22.7 Å². The van der Waals surface area contributed by atoms with Crippen LogP contribution in [0.3, 0.4) is 0 Å². The molecule has 0 saturated carbocycles. The summed E-state index contributed by atoms with van der Waals surface area (Å²) in [6.07, 6.45) is 2.71. The summed E-state index contributed by atoms with van der Waals surface area (Å²) in [6, 6.07) is 12.1. The molecule has 1 heterocycles. The number of anilines is 1. The summed E-state index contributed by atoms with van der Waals surface area (Å²) >= 11 is 0. The van der Waals surface area contributed by atoms with Crippen molar-refractivity contribution in [2.75, 3.05) is 23.7 Å². The van der Waals surface area contributed by atoms with Crippen molar-refractivity contribution in [3.05, 3.63) is 64.7 Å². The lowest BCUT2D eigenvalue weighted by molar-refractivity contribution is 0.0474. The van der Waals surface area contributed by atoms with Crippen LogP contribution in [0.25, 0.3) is 0 Å². The fraction of sp³-hybridized carbons (Fsp3) is 0.364. The quantitative estimate of drug-likeness (QED) is 0.510. The second-order valence-electron chi connectivity index (χ2n) is 7.36. The maximum atomic E-state index is 12.3. The number of rotatable bonds is 7. The van der Waals surface area contributed by atoms with Crippen LogP contribution in [0.1, 0.15) is 58.0 Å². The Morgan fingerprint density at radius 3 is 2.38 bits per heavy atom. The maximum absolute atomic E-state index is 12.3. The molecule has 0 spiro atoms. The number of ether oxygens (including phenoxy) is 1. The van der Waals surface area contributed by atoms with E-state index in [1.54, 1.807) is 24.3 Å². The largest absolute Gasteiger partial charge is 0.454 e. The summed E-state index contributed by atoms with van der Waals surface area (Å²) in [6.45, 7) is 4.26. The molecule has 1 aliphatic rings. The van der Waals surface area contributed by atoms with Gasteiger partial charge in [0.25, 0.3) is 0 Å². The summed E-state index contributed by atoms with van der Waals surface area (Å²) in [5.41, 5.74) is 3.34. The van der Waals surface area contributed by atoms with E-state index >= 15 is 0 Å². The molecule has 154 valence electrons. The molecule has 0 N–H and O–H groups in total. The molecule has 0 aliphatic carbocycles. The Kier molecular flexibility index (Phi) is 6.07. The minimum absolute atomic E-state index is 0.265. The van der Waals surface area contributed by atoms with Crippen LogP contribution in [0.15, 0.2) is 42.5 Å². The van der Waals surface area contributed by atoms with Gasteiger partial charge < -0.3 is 4.74 Å². The van der Waals surface area contributed by atoms with Gasteiger partial charge in [-0.2, -0.15) is 0 Å². The number of fused-ring (bicyclic) bond motifs is 1. The summed E-state index contributed by atoms with van der Waals surface area (Å²) < 4.78 is 30.1. The Hall–Kier alpha value is -2.67. The topological polar surface area (TPSA) is 80.8 Å². The summed E-state index contributed by atoms with van der Waals surface area (Å²) in [5.74, 6) is -0.441. The first kappa shape index (κ1) is 21.0. The lowest BCUT2D eigenvalue weighted by atomic mass is 9.97. The normalized spacial score (nSPS) is 14.4. The SMILES string of the molecule is CC[C@H](C)c1ccc(C(=O)COC(=O)c2ccc3c(c2)CCN3S(C)(=O)=O)cc1. The van der Waals surface area contributed by atoms with Gasteiger partial charge in [-0.25, -0.2) is 13.2 Å². The van der Waals surface area contributed by atoms with Gasteiger partial charge in [0.15, 0.2) is 12.4 Å². The molecular formula is C22H25NO5S. The zero-order chi connectivity index (χ0) is 21.2. The third kappa shape index (κ3) is 4.67. The molecule has 0 radical (unpaired) electrons. The molecule has 1 aliphatic heterocycles. The Morgan fingerprint density at radius 2 is 1.76 bits per heavy atom. The minimum atomic E-state index is -3.34. The number of carbonyl (C=O) groups excluding carboxylic acids is 2. The van der Waals surface area contributed by atoms with E-state index in [1.807, 2.05) is 12.1 Å². The van der Waals surface area contributed by atoms with E-state index < -0.39 is 16.0 Å². The monoisotopic (exact) mass is 415 g/mol. The van der Waals surface area contributed by atoms with E-state index in [0.717, 1.165) is 18.2 Å². The first-order valence-corrected chi connectivity index (χ1v) is 11.5. The van der Waals surface area contributed by atoms with Gasteiger partial charge in [-0.3, -0.25) is 9.10 Å². The molecule has 6 nitrogen and oxygen atoms in total. The minimum Gasteiger partial charge on any atom is -0.454 e. The molecule has 1 atom stereocenters. The Bertz CT molecular complexity index is 1030. The van der Waals surface area contributed by atoms with Gasteiger partial charge in [-0.15, -0.1) is 0 Å². The average molecular weight is 416 g/mol. The van der Waals surface area contributed by atoms with Crippen LogP contribution in [0.2, 0.25) is 0 Å². The van der Waals surface area contributed by atoms with Gasteiger partial charge in [-0.1, -0.05) is 38.1 Å². The number of ketones is 1. The highest BCUT2D eigenvalue weighted by Crippen LogP contribution is 2.30. The number of Topliss-reactive ketones (excluding diaryl/α,β-unsaturated/α-hetero) is 1. The second kappa shape index (κ2) is 8.37. The van der Waals surface area contributed by atoms with Crippen molar-refractivity contribution in [2.24, 2.45) is 0 Å². The zero-order valence-corrected chi connectivity index (χ0v) is 17.7. The van der Waals surface area contributed by atoms with Gasteiger partial charge in [0.1, 0.15) is 0 Å². The fourth-order valence-electron chi connectivity index (χ4n) is 3.37. The second-order valence-corrected chi connectivity index (χ2v) is 9.27. The van der Waals surface area contributed by atoms with Crippen LogP contribution in [-0.4, -0.2) is 39.6 Å². The lowest BCUT2D eigenvalue weighted by Crippen LogP contribution is -2.27. The molecule has 0 aromatic heterocycles. The highest BCUT2D eigenvalue weighted by atomic mass is 32.2. The van der Waals surface area contributed by atoms with Crippen molar-refractivity contribution >= 4 is 27.5 Å². The van der Waals surface area contributed by atoms with Crippen molar-refractivity contribution in [3.63, 3.8) is 0 Å². The first-order chi connectivity index (χ1) is 13.7. The third-order valence-electron chi connectivity index (χ3n) is 5.32. The van der Waals surface area contributed by atoms with Gasteiger partial charge >= 0.3 is 5.97 Å². The lowest BCUT2D eigenvalue weighted by Gasteiger charge is -2.16. The molecule has 29 heavy (non-hydrogen) atoms. The number of benzene rings is 2. The molecule has 7 heteroatoms. The highest BCUT2D eigenvalue weighted by Gasteiger charge is 2.27. The fourth-order valence-corrected chi connectivity index (χ4v) is 4.33. The number of nitrogens with zero attached hydrogens (tertiary/aromatic N) is 1. The molecule has 0 unspecified atom stereocenters. The summed E-state index contributed by atoms with van der Waals surface area (Å²) in [5, 5.41) is 0. The van der Waals surface area contributed by atoms with Gasteiger partial charge in [0, 0.05) is 12.1 Å². The van der Waals surface area contributed by atoms with Crippen LogP contribution < -0.4 is 4.31 Å². The molecule has 0 bridgehead atoms. The van der Waals surface area contributed by atoms with E-state index in [1.165, 1.54) is 15.9 Å². The third-order valence-corrected chi connectivity index (χ3v) is 6.50. The van der Waals surface area contributed by atoms with E-state index in [-0.39, 0.29) is 12.4 Å². The van der Waals surface area contributed by atoms with Crippen molar-refractivity contribution in [1.82, 2.24) is 0 Å². The van der Waals surface area contributed by atoms with Crippen molar-refractivity contribution in [1.29, 1.82) is 0 Å². The summed E-state index contributed by atoms with van der Waals surface area (Å²) in [7, 11) is -3.34. The van der Waals surface area contributed by atoms with Gasteiger partial charge in [0.2, 0.25) is 10.0 Å². The van der Waals surface area contributed by atoms with Gasteiger partial charge in [-0.05, 0) is 48.1 Å². The number of hydrogen-bond donors (Lipinski definition) is 0. The molecule has 0 amide bonds. The number of esters is 1. The van der Waals surface area contributed by atoms with Gasteiger partial charge in [0.05, 0.1) is 17.5 Å². The Balaban J connectivity index is 1.63. The predicted molar refractivity (Wildman–Crippen MR) is 112 cm³/mol. The smallest absolute Gasteiger partial charge is 0.338 e. The number of carbonyl (C=O) groups is 2. The molecule has 3 rings (SSSR count). The van der Waals surface area contributed by atoms with E-state index in [0.29, 0.717) is 35.7 Å². The summed E-state index contributed by atoms with van der Waals surface area (Å²) in [4.78, 5) is 24.7. The zero-order valence-electron chi connectivity index (χ0n) is 16.8. The molecule has 2 aromatic carbocycles. The van der Waals surface area contributed by atoms with E-state index in [2.05, 4.69) is 13.8 Å². The van der Waals surface area contributed by atoms with Crippen molar-refractivity contribution in [2.45, 2.75) is 32.6 Å². The molecule has 0 fully saturated rings. The number of sulfonamides is 1. The molecule has 0 saturated heterocycles. The molecule has 2 aromatic rings. The average Bonchev–Trinajstić information content (AvgIpc) is 3.15. The van der Waals surface area contributed by atoms with Crippen LogP contribution in [0, 0.1) is 0 Å². The maximum Gasteiger partial charge on any atom is 0.338 e. The predicted octanol–water partition coefficient (Wildman–Crippen LogP) is 3.56.